The molecule has 0 bridgehead atoms. The normalized spacial score (nSPS) is 10.6. The molecule has 0 fully saturated rings. The molecule has 0 aliphatic rings. The van der Waals surface area contributed by atoms with Gasteiger partial charge in [-0.1, -0.05) is 23.7 Å². The van der Waals surface area contributed by atoms with Gasteiger partial charge in [0.1, 0.15) is 5.76 Å². The summed E-state index contributed by atoms with van der Waals surface area (Å²) in [6.45, 7) is 2.24. The number of furan rings is 1. The molecule has 0 unspecified atom stereocenters. The van der Waals surface area contributed by atoms with Crippen molar-refractivity contribution in [1.29, 1.82) is 0 Å². The van der Waals surface area contributed by atoms with E-state index in [0.717, 1.165) is 5.56 Å². The fourth-order valence-electron chi connectivity index (χ4n) is 2.50. The van der Waals surface area contributed by atoms with Crippen LogP contribution < -0.4 is 10.6 Å². The Morgan fingerprint density at radius 1 is 1.30 bits per heavy atom. The first-order valence-electron chi connectivity index (χ1n) is 8.32. The topological polar surface area (TPSA) is 84.2 Å². The molecule has 0 saturated carbocycles. The summed E-state index contributed by atoms with van der Waals surface area (Å²) < 4.78 is 5.12. The predicted octanol–water partition coefficient (Wildman–Crippen LogP) is 3.85. The van der Waals surface area contributed by atoms with Crippen LogP contribution in [0, 0.1) is 6.92 Å². The number of nitrogens with one attached hydrogen (secondary N) is 2. The first-order valence-corrected chi connectivity index (χ1v) is 9.58. The second-order valence-corrected chi connectivity index (χ2v) is 7.19. The maximum atomic E-state index is 12.1. The molecule has 3 aromatic rings. The lowest BCUT2D eigenvalue weighted by atomic mass is 10.1. The van der Waals surface area contributed by atoms with Gasteiger partial charge in [0, 0.05) is 16.9 Å². The molecule has 8 heteroatoms. The number of carbonyl (C=O) groups is 2. The van der Waals surface area contributed by atoms with Gasteiger partial charge in [-0.25, -0.2) is 4.98 Å². The number of aromatic nitrogens is 1. The molecule has 3 rings (SSSR count). The average molecular weight is 404 g/mol. The van der Waals surface area contributed by atoms with Crippen LogP contribution in [-0.2, 0) is 17.6 Å². The minimum atomic E-state index is -0.284. The first kappa shape index (κ1) is 19.1. The summed E-state index contributed by atoms with van der Waals surface area (Å²) in [5, 5.41) is 8.46. The summed E-state index contributed by atoms with van der Waals surface area (Å²) in [5.74, 6) is 0.141. The van der Waals surface area contributed by atoms with E-state index in [1.165, 1.54) is 17.6 Å². The van der Waals surface area contributed by atoms with Crippen molar-refractivity contribution in [3.63, 3.8) is 0 Å². The molecule has 0 radical (unpaired) electrons. The van der Waals surface area contributed by atoms with Crippen molar-refractivity contribution in [3.8, 4) is 0 Å². The quantitative estimate of drug-likeness (QED) is 0.627. The Labute approximate surface area is 165 Å². The van der Waals surface area contributed by atoms with Crippen LogP contribution in [0.4, 0.5) is 5.13 Å². The Kier molecular flexibility index (Phi) is 6.26. The summed E-state index contributed by atoms with van der Waals surface area (Å²) >= 11 is 7.22. The van der Waals surface area contributed by atoms with Gasteiger partial charge in [0.25, 0.3) is 5.91 Å². The number of hydrogen-bond acceptors (Lipinski definition) is 5. The maximum Gasteiger partial charge on any atom is 0.260 e. The zero-order chi connectivity index (χ0) is 19.2. The third-order valence-corrected chi connectivity index (χ3v) is 4.88. The van der Waals surface area contributed by atoms with Gasteiger partial charge in [0.05, 0.1) is 23.9 Å². The Morgan fingerprint density at radius 2 is 2.15 bits per heavy atom. The van der Waals surface area contributed by atoms with Crippen LogP contribution in [0.1, 0.15) is 27.4 Å². The zero-order valence-corrected chi connectivity index (χ0v) is 16.2. The number of nitrogens with zero attached hydrogens (tertiary/aromatic N) is 1. The van der Waals surface area contributed by atoms with Gasteiger partial charge in [0.2, 0.25) is 5.91 Å². The monoisotopic (exact) mass is 403 g/mol. The number of carbonyl (C=O) groups excluding carboxylic acids is 2. The van der Waals surface area contributed by atoms with Gasteiger partial charge in [-0.05, 0) is 37.1 Å². The van der Waals surface area contributed by atoms with Gasteiger partial charge >= 0.3 is 0 Å². The summed E-state index contributed by atoms with van der Waals surface area (Å²) in [6.07, 6.45) is 2.33. The Bertz CT molecular complexity index is 951. The molecular formula is C19H18ClN3O3S. The minimum Gasteiger partial charge on any atom is -0.469 e. The van der Waals surface area contributed by atoms with E-state index in [1.807, 2.05) is 24.3 Å². The van der Waals surface area contributed by atoms with Crippen LogP contribution in [-0.4, -0.2) is 23.3 Å². The summed E-state index contributed by atoms with van der Waals surface area (Å²) in [4.78, 5) is 28.5. The molecule has 0 spiro atoms. The molecule has 140 valence electrons. The average Bonchev–Trinajstić information content (AvgIpc) is 3.24. The highest BCUT2D eigenvalue weighted by Gasteiger charge is 2.14. The van der Waals surface area contributed by atoms with Crippen molar-refractivity contribution in [2.45, 2.75) is 19.8 Å². The minimum absolute atomic E-state index is 0.120. The molecule has 2 amide bonds. The van der Waals surface area contributed by atoms with Crippen molar-refractivity contribution in [2.24, 2.45) is 0 Å². The highest BCUT2D eigenvalue weighted by Crippen LogP contribution is 2.18. The van der Waals surface area contributed by atoms with Gasteiger partial charge in [0.15, 0.2) is 5.13 Å². The van der Waals surface area contributed by atoms with E-state index in [2.05, 4.69) is 15.6 Å². The second kappa shape index (κ2) is 8.83. The number of benzene rings is 1. The number of amides is 2. The summed E-state index contributed by atoms with van der Waals surface area (Å²) in [6, 6.07) is 9.15. The van der Waals surface area contributed by atoms with Crippen LogP contribution in [0.2, 0.25) is 5.02 Å². The van der Waals surface area contributed by atoms with E-state index >= 15 is 0 Å². The first-order chi connectivity index (χ1) is 13.0. The standard InChI is InChI=1S/C19H18ClN3O3S/c1-12-16(6-8-26-12)18(25)23-19-22-15(11-27-19)10-17(24)21-7-5-13-3-2-4-14(20)9-13/h2-4,6,8-9,11H,5,7,10H2,1H3,(H,21,24)(H,22,23,25). The largest absolute Gasteiger partial charge is 0.469 e. The number of halogens is 1. The SMILES string of the molecule is Cc1occc1C(=O)Nc1nc(CC(=O)NCCc2cccc(Cl)c2)cs1. The third kappa shape index (κ3) is 5.42. The van der Waals surface area contributed by atoms with E-state index in [-0.39, 0.29) is 18.2 Å². The lowest BCUT2D eigenvalue weighted by molar-refractivity contribution is -0.120. The number of hydrogen-bond donors (Lipinski definition) is 2. The zero-order valence-electron chi connectivity index (χ0n) is 14.6. The molecule has 0 saturated heterocycles. The van der Waals surface area contributed by atoms with Crippen LogP contribution in [0.5, 0.6) is 0 Å². The van der Waals surface area contributed by atoms with Crippen LogP contribution in [0.25, 0.3) is 0 Å². The van der Waals surface area contributed by atoms with E-state index in [9.17, 15) is 9.59 Å². The number of anilines is 1. The Balaban J connectivity index is 1.46. The van der Waals surface area contributed by atoms with E-state index in [0.29, 0.717) is 40.1 Å². The second-order valence-electron chi connectivity index (χ2n) is 5.90. The van der Waals surface area contributed by atoms with Crippen molar-refractivity contribution in [1.82, 2.24) is 10.3 Å². The van der Waals surface area contributed by atoms with Gasteiger partial charge in [-0.15, -0.1) is 11.3 Å². The van der Waals surface area contributed by atoms with Gasteiger partial charge < -0.3 is 9.73 Å². The Morgan fingerprint density at radius 3 is 2.89 bits per heavy atom. The van der Waals surface area contributed by atoms with E-state index in [1.54, 1.807) is 18.4 Å². The maximum absolute atomic E-state index is 12.1. The molecule has 27 heavy (non-hydrogen) atoms. The molecule has 0 aliphatic carbocycles. The van der Waals surface area contributed by atoms with Crippen LogP contribution in [0.3, 0.4) is 0 Å². The lowest BCUT2D eigenvalue weighted by Gasteiger charge is -2.05. The third-order valence-electron chi connectivity index (χ3n) is 3.84. The highest BCUT2D eigenvalue weighted by atomic mass is 35.5. The fourth-order valence-corrected chi connectivity index (χ4v) is 3.41. The summed E-state index contributed by atoms with van der Waals surface area (Å²) in [5.41, 5.74) is 2.14. The number of rotatable bonds is 7. The fraction of sp³-hybridized carbons (Fsp3) is 0.211. The molecule has 0 aliphatic heterocycles. The van der Waals surface area contributed by atoms with Gasteiger partial charge in [-0.3, -0.25) is 14.9 Å². The smallest absolute Gasteiger partial charge is 0.260 e. The number of thiazole rings is 1. The molecule has 1 aromatic carbocycles. The van der Waals surface area contributed by atoms with E-state index in [4.69, 9.17) is 16.0 Å². The van der Waals surface area contributed by atoms with Crippen molar-refractivity contribution in [3.05, 3.63) is 69.6 Å². The predicted molar refractivity (Wildman–Crippen MR) is 105 cm³/mol. The molecule has 2 heterocycles. The summed E-state index contributed by atoms with van der Waals surface area (Å²) in [7, 11) is 0. The van der Waals surface area contributed by atoms with Gasteiger partial charge in [-0.2, -0.15) is 0 Å². The van der Waals surface area contributed by atoms with Crippen molar-refractivity contribution >= 4 is 39.9 Å². The Hall–Kier alpha value is -2.64. The molecular weight excluding hydrogens is 386 g/mol. The molecule has 2 N–H and O–H groups in total. The lowest BCUT2D eigenvalue weighted by Crippen LogP contribution is -2.27. The molecule has 6 nitrogen and oxygen atoms in total. The van der Waals surface area contributed by atoms with Crippen LogP contribution >= 0.6 is 22.9 Å². The van der Waals surface area contributed by atoms with Crippen molar-refractivity contribution < 1.29 is 14.0 Å². The molecule has 0 atom stereocenters. The molecule has 2 aromatic heterocycles. The number of aryl methyl sites for hydroxylation is 1. The van der Waals surface area contributed by atoms with E-state index < -0.39 is 0 Å². The van der Waals surface area contributed by atoms with Crippen LogP contribution in [0.15, 0.2) is 46.4 Å². The highest BCUT2D eigenvalue weighted by molar-refractivity contribution is 7.14. The van der Waals surface area contributed by atoms with Crippen molar-refractivity contribution in [2.75, 3.05) is 11.9 Å².